The number of hydrogen-bond acceptors (Lipinski definition) is 6. The summed E-state index contributed by atoms with van der Waals surface area (Å²) in [6.45, 7) is 3.47. The van der Waals surface area contributed by atoms with E-state index in [0.29, 0.717) is 11.3 Å². The molecular formula is C12H12N4O4. The quantitative estimate of drug-likeness (QED) is 0.502. The lowest BCUT2D eigenvalue weighted by molar-refractivity contribution is -0.384. The van der Waals surface area contributed by atoms with Crippen LogP contribution in [0.3, 0.4) is 0 Å². The highest BCUT2D eigenvalue weighted by atomic mass is 16.6. The van der Waals surface area contributed by atoms with Gasteiger partial charge < -0.3 is 10.3 Å². The molecule has 0 atom stereocenters. The second-order valence-corrected chi connectivity index (χ2v) is 4.20. The zero-order valence-electron chi connectivity index (χ0n) is 10.8. The molecule has 1 aromatic heterocycles. The minimum Gasteiger partial charge on any atom is -0.398 e. The number of nitro groups is 1. The number of hydrogen-bond donors (Lipinski definition) is 2. The summed E-state index contributed by atoms with van der Waals surface area (Å²) in [6, 6.07) is 3.66. The molecule has 1 heterocycles. The number of nitrogens with two attached hydrogens (primary N) is 1. The van der Waals surface area contributed by atoms with Gasteiger partial charge in [0.15, 0.2) is 0 Å². The molecule has 104 valence electrons. The van der Waals surface area contributed by atoms with Crippen molar-refractivity contribution in [1.82, 2.24) is 5.16 Å². The molecule has 0 fully saturated rings. The first-order valence-corrected chi connectivity index (χ1v) is 5.68. The fourth-order valence-corrected chi connectivity index (χ4v) is 1.56. The largest absolute Gasteiger partial charge is 0.398 e. The van der Waals surface area contributed by atoms with Gasteiger partial charge in [0, 0.05) is 23.4 Å². The minimum atomic E-state index is -0.597. The number of nitro benzene ring substituents is 1. The van der Waals surface area contributed by atoms with Gasteiger partial charge in [0.05, 0.1) is 16.2 Å². The van der Waals surface area contributed by atoms with Crippen molar-refractivity contribution in [2.75, 3.05) is 11.1 Å². The maximum atomic E-state index is 12.1. The molecule has 0 aliphatic carbocycles. The van der Waals surface area contributed by atoms with Crippen LogP contribution >= 0.6 is 0 Å². The van der Waals surface area contributed by atoms with E-state index < -0.39 is 10.8 Å². The summed E-state index contributed by atoms with van der Waals surface area (Å²) in [5.41, 5.74) is 6.92. The number of non-ortho nitro benzene ring substituents is 1. The van der Waals surface area contributed by atoms with Gasteiger partial charge in [-0.25, -0.2) is 0 Å². The summed E-state index contributed by atoms with van der Waals surface area (Å²) >= 11 is 0. The molecule has 2 aromatic rings. The smallest absolute Gasteiger partial charge is 0.270 e. The Morgan fingerprint density at radius 2 is 2.15 bits per heavy atom. The van der Waals surface area contributed by atoms with Crippen LogP contribution in [0.2, 0.25) is 0 Å². The molecule has 0 aliphatic heterocycles. The minimum absolute atomic E-state index is 0.00709. The molecule has 0 saturated carbocycles. The van der Waals surface area contributed by atoms with Gasteiger partial charge in [-0.15, -0.1) is 0 Å². The van der Waals surface area contributed by atoms with Gasteiger partial charge >= 0.3 is 0 Å². The summed E-state index contributed by atoms with van der Waals surface area (Å²) < 4.78 is 4.95. The third-order valence-electron chi connectivity index (χ3n) is 2.88. The summed E-state index contributed by atoms with van der Waals surface area (Å²) in [7, 11) is 0. The van der Waals surface area contributed by atoms with Gasteiger partial charge in [-0.1, -0.05) is 5.16 Å². The van der Waals surface area contributed by atoms with Crippen LogP contribution < -0.4 is 11.1 Å². The first-order valence-electron chi connectivity index (χ1n) is 5.68. The van der Waals surface area contributed by atoms with E-state index in [1.54, 1.807) is 13.8 Å². The van der Waals surface area contributed by atoms with Gasteiger partial charge in [-0.05, 0) is 19.9 Å². The maximum absolute atomic E-state index is 12.1. The molecule has 0 spiro atoms. The van der Waals surface area contributed by atoms with E-state index in [4.69, 9.17) is 10.3 Å². The summed E-state index contributed by atoms with van der Waals surface area (Å²) in [5, 5.41) is 16.9. The van der Waals surface area contributed by atoms with Gasteiger partial charge in [0.2, 0.25) is 5.88 Å². The Kier molecular flexibility index (Phi) is 3.38. The van der Waals surface area contributed by atoms with E-state index in [2.05, 4.69) is 10.5 Å². The number of nitrogen functional groups attached to an aromatic ring is 1. The lowest BCUT2D eigenvalue weighted by atomic mass is 10.1. The van der Waals surface area contributed by atoms with E-state index in [0.717, 1.165) is 6.07 Å². The second kappa shape index (κ2) is 5.00. The van der Waals surface area contributed by atoms with E-state index in [-0.39, 0.29) is 22.8 Å². The number of rotatable bonds is 3. The highest BCUT2D eigenvalue weighted by Gasteiger charge is 2.18. The van der Waals surface area contributed by atoms with Crippen LogP contribution in [-0.2, 0) is 0 Å². The van der Waals surface area contributed by atoms with Crippen LogP contribution in [0.5, 0.6) is 0 Å². The lowest BCUT2D eigenvalue weighted by Crippen LogP contribution is -2.14. The Morgan fingerprint density at radius 1 is 1.45 bits per heavy atom. The van der Waals surface area contributed by atoms with Crippen LogP contribution in [0.15, 0.2) is 22.7 Å². The standard InChI is InChI=1S/C12H12N4O4/c1-6-7(2)15-20-12(6)14-11(17)9-5-8(16(18)19)3-4-10(9)13/h3-5H,13H2,1-2H3,(H,14,17). The Balaban J connectivity index is 2.31. The van der Waals surface area contributed by atoms with Gasteiger partial charge in [-0.2, -0.15) is 0 Å². The molecule has 0 aliphatic rings. The first kappa shape index (κ1) is 13.5. The van der Waals surface area contributed by atoms with Crippen LogP contribution in [0.4, 0.5) is 17.3 Å². The molecule has 1 aromatic carbocycles. The molecule has 0 bridgehead atoms. The normalized spacial score (nSPS) is 10.3. The number of carbonyl (C=O) groups is 1. The number of nitrogens with zero attached hydrogens (tertiary/aromatic N) is 2. The fraction of sp³-hybridized carbons (Fsp3) is 0.167. The molecule has 8 nitrogen and oxygen atoms in total. The number of anilines is 2. The summed E-state index contributed by atoms with van der Waals surface area (Å²) in [4.78, 5) is 22.2. The lowest BCUT2D eigenvalue weighted by Gasteiger charge is -2.05. The SMILES string of the molecule is Cc1noc(NC(=O)c2cc([N+](=O)[O-])ccc2N)c1C. The van der Waals surface area contributed by atoms with Crippen molar-refractivity contribution in [1.29, 1.82) is 0 Å². The predicted octanol–water partition coefficient (Wildman–Crippen LogP) is 2.03. The molecule has 2 rings (SSSR count). The van der Waals surface area contributed by atoms with Crippen LogP contribution in [0.25, 0.3) is 0 Å². The molecule has 0 radical (unpaired) electrons. The first-order chi connectivity index (χ1) is 9.40. The zero-order valence-corrected chi connectivity index (χ0v) is 10.8. The van der Waals surface area contributed by atoms with Crippen LogP contribution in [0, 0.1) is 24.0 Å². The number of carbonyl (C=O) groups excluding carboxylic acids is 1. The van der Waals surface area contributed by atoms with Gasteiger partial charge in [-0.3, -0.25) is 20.2 Å². The fourth-order valence-electron chi connectivity index (χ4n) is 1.56. The Hall–Kier alpha value is -2.90. The summed E-state index contributed by atoms with van der Waals surface area (Å²) in [5.74, 6) is -0.399. The van der Waals surface area contributed by atoms with Crippen molar-refractivity contribution in [3.05, 3.63) is 45.1 Å². The molecule has 0 unspecified atom stereocenters. The highest BCUT2D eigenvalue weighted by Crippen LogP contribution is 2.23. The summed E-state index contributed by atoms with van der Waals surface area (Å²) in [6.07, 6.45) is 0. The van der Waals surface area contributed by atoms with Crippen LogP contribution in [-0.4, -0.2) is 16.0 Å². The topological polar surface area (TPSA) is 124 Å². The molecule has 20 heavy (non-hydrogen) atoms. The van der Waals surface area contributed by atoms with Gasteiger partial charge in [0.1, 0.15) is 0 Å². The van der Waals surface area contributed by atoms with Crippen molar-refractivity contribution in [2.24, 2.45) is 0 Å². The number of aryl methyl sites for hydroxylation is 1. The van der Waals surface area contributed by atoms with Crippen molar-refractivity contribution in [3.63, 3.8) is 0 Å². The third kappa shape index (κ3) is 2.44. The monoisotopic (exact) mass is 276 g/mol. The average molecular weight is 276 g/mol. The molecule has 1 amide bonds. The van der Waals surface area contributed by atoms with E-state index >= 15 is 0 Å². The Bertz CT molecular complexity index is 693. The zero-order chi connectivity index (χ0) is 14.9. The molecular weight excluding hydrogens is 264 g/mol. The van der Waals surface area contributed by atoms with E-state index in [1.807, 2.05) is 0 Å². The Labute approximate surface area is 113 Å². The van der Waals surface area contributed by atoms with E-state index in [1.165, 1.54) is 12.1 Å². The maximum Gasteiger partial charge on any atom is 0.270 e. The van der Waals surface area contributed by atoms with Crippen molar-refractivity contribution in [3.8, 4) is 0 Å². The number of aromatic nitrogens is 1. The van der Waals surface area contributed by atoms with E-state index in [9.17, 15) is 14.9 Å². The number of amides is 1. The molecule has 8 heteroatoms. The van der Waals surface area contributed by atoms with Gasteiger partial charge in [0.25, 0.3) is 11.6 Å². The van der Waals surface area contributed by atoms with Crippen LogP contribution in [0.1, 0.15) is 21.6 Å². The Morgan fingerprint density at radius 3 is 2.70 bits per heavy atom. The predicted molar refractivity (Wildman–Crippen MR) is 71.4 cm³/mol. The average Bonchev–Trinajstić information content (AvgIpc) is 2.71. The molecule has 3 N–H and O–H groups in total. The third-order valence-corrected chi connectivity index (χ3v) is 2.88. The number of nitrogens with one attached hydrogen (secondary N) is 1. The second-order valence-electron chi connectivity index (χ2n) is 4.20. The van der Waals surface area contributed by atoms with Crippen molar-refractivity contribution in [2.45, 2.75) is 13.8 Å². The highest BCUT2D eigenvalue weighted by molar-refractivity contribution is 6.07. The van der Waals surface area contributed by atoms with Crippen molar-refractivity contribution < 1.29 is 14.2 Å². The molecule has 0 saturated heterocycles. The van der Waals surface area contributed by atoms with Crippen molar-refractivity contribution >= 4 is 23.2 Å². The number of benzene rings is 1.